The molecule has 2 saturated carbocycles. The lowest BCUT2D eigenvalue weighted by Crippen LogP contribution is -2.29. The van der Waals surface area contributed by atoms with Crippen LogP contribution in [0.4, 0.5) is 15.8 Å². The first kappa shape index (κ1) is 31.3. The summed E-state index contributed by atoms with van der Waals surface area (Å²) < 4.78 is 23.5. The van der Waals surface area contributed by atoms with Crippen molar-refractivity contribution in [3.8, 4) is 22.3 Å². The molecule has 250 valence electrons. The Hall–Kier alpha value is -6.03. The van der Waals surface area contributed by atoms with Crippen molar-refractivity contribution in [3.05, 3.63) is 139 Å². The Bertz CT molecular complexity index is 2580. The van der Waals surface area contributed by atoms with Crippen molar-refractivity contribution in [3.63, 3.8) is 0 Å². The fraction of sp³-hybridized carbons (Fsp3) is 0.200. The number of fused-ring (bicyclic) bond motifs is 2. The summed E-state index contributed by atoms with van der Waals surface area (Å²) in [6.07, 6.45) is 6.09. The second-order valence-corrected chi connectivity index (χ2v) is 13.4. The Morgan fingerprint density at radius 1 is 0.720 bits per heavy atom. The van der Waals surface area contributed by atoms with Crippen molar-refractivity contribution in [2.45, 2.75) is 51.4 Å². The van der Waals surface area contributed by atoms with Crippen molar-refractivity contribution >= 4 is 34.3 Å². The van der Waals surface area contributed by atoms with E-state index in [1.807, 2.05) is 25.1 Å². The molecule has 0 amide bonds. The van der Waals surface area contributed by atoms with Gasteiger partial charge in [0.25, 0.3) is 11.1 Å². The van der Waals surface area contributed by atoms with E-state index in [0.717, 1.165) is 58.5 Å². The number of hydrogen-bond acceptors (Lipinski definition) is 7. The van der Waals surface area contributed by atoms with Crippen LogP contribution in [0.2, 0.25) is 0 Å². The Kier molecular flexibility index (Phi) is 7.22. The minimum absolute atomic E-state index is 0.0393. The third kappa shape index (κ3) is 5.15. The molecule has 0 saturated heterocycles. The highest BCUT2D eigenvalue weighted by Gasteiger charge is 2.33. The highest BCUT2D eigenvalue weighted by molar-refractivity contribution is 6.03. The van der Waals surface area contributed by atoms with Gasteiger partial charge in [0.15, 0.2) is 0 Å². The molecule has 2 aliphatic carbocycles. The molecule has 9 nitrogen and oxygen atoms in total. The summed E-state index contributed by atoms with van der Waals surface area (Å²) in [4.78, 5) is 54.8. The first-order valence-electron chi connectivity index (χ1n) is 16.6. The second-order valence-electron chi connectivity index (χ2n) is 13.4. The smallest absolute Gasteiger partial charge is 0.351 e. The molecule has 0 aliphatic heterocycles. The Labute approximate surface area is 285 Å². The molecule has 2 aliphatic rings. The number of aromatic nitrogens is 2. The van der Waals surface area contributed by atoms with Gasteiger partial charge in [0, 0.05) is 29.3 Å². The molecular weight excluding hydrogens is 635 g/mol. The van der Waals surface area contributed by atoms with Crippen LogP contribution in [0, 0.1) is 19.7 Å². The lowest BCUT2D eigenvalue weighted by atomic mass is 9.96. The maximum atomic E-state index is 15.7. The molecule has 2 aromatic carbocycles. The second kappa shape index (κ2) is 11.5. The van der Waals surface area contributed by atoms with Crippen molar-refractivity contribution in [1.82, 2.24) is 8.80 Å². The predicted molar refractivity (Wildman–Crippen MR) is 190 cm³/mol. The molecule has 8 rings (SSSR count). The average molecular weight is 669 g/mol. The number of nitrogens with zero attached hydrogens (tertiary/aromatic N) is 2. The van der Waals surface area contributed by atoms with Gasteiger partial charge in [0.1, 0.15) is 16.9 Å². The van der Waals surface area contributed by atoms with E-state index in [1.165, 1.54) is 16.5 Å². The SMILES string of the molecule is Cc1c(-c2cccc(N)c2)ccn2c(=O)c(C(=O)OC(=O)c3cc(C4CC4)c4c(C)c(-c5cccc(N)c5)c(F)cn4c3=O)cc(C3CC3)c12. The molecule has 0 bridgehead atoms. The van der Waals surface area contributed by atoms with Crippen LogP contribution in [0.1, 0.15) is 80.5 Å². The summed E-state index contributed by atoms with van der Waals surface area (Å²) in [6, 6.07) is 19.1. The number of esters is 2. The van der Waals surface area contributed by atoms with Gasteiger partial charge in [-0.3, -0.25) is 18.4 Å². The van der Waals surface area contributed by atoms with Crippen LogP contribution in [0.3, 0.4) is 0 Å². The number of nitrogen functional groups attached to an aromatic ring is 2. The van der Waals surface area contributed by atoms with Crippen LogP contribution in [0.25, 0.3) is 33.3 Å². The van der Waals surface area contributed by atoms with Crippen molar-refractivity contribution < 1.29 is 18.7 Å². The highest BCUT2D eigenvalue weighted by Crippen LogP contribution is 2.45. The van der Waals surface area contributed by atoms with Gasteiger partial charge in [0.05, 0.1) is 11.0 Å². The summed E-state index contributed by atoms with van der Waals surface area (Å²) in [5.74, 6) is -2.87. The lowest BCUT2D eigenvalue weighted by Gasteiger charge is -2.17. The zero-order chi connectivity index (χ0) is 35.0. The van der Waals surface area contributed by atoms with E-state index in [0.29, 0.717) is 44.7 Å². The number of rotatable bonds is 6. The fourth-order valence-electron chi connectivity index (χ4n) is 7.21. The van der Waals surface area contributed by atoms with E-state index in [-0.39, 0.29) is 17.4 Å². The maximum absolute atomic E-state index is 15.7. The monoisotopic (exact) mass is 668 g/mol. The fourth-order valence-corrected chi connectivity index (χ4v) is 7.21. The number of carbonyl (C=O) groups excluding carboxylic acids is 2. The average Bonchev–Trinajstić information content (AvgIpc) is 4.00. The molecule has 0 radical (unpaired) electrons. The van der Waals surface area contributed by atoms with Gasteiger partial charge in [0.2, 0.25) is 0 Å². The van der Waals surface area contributed by atoms with Gasteiger partial charge in [-0.25, -0.2) is 14.0 Å². The minimum atomic E-state index is -1.21. The number of halogens is 1. The van der Waals surface area contributed by atoms with Crippen LogP contribution in [-0.2, 0) is 4.74 Å². The van der Waals surface area contributed by atoms with E-state index >= 15 is 4.39 Å². The summed E-state index contributed by atoms with van der Waals surface area (Å²) in [5.41, 5.74) is 17.6. The summed E-state index contributed by atoms with van der Waals surface area (Å²) in [5, 5.41) is 0. The zero-order valence-corrected chi connectivity index (χ0v) is 27.5. The molecular formula is C40H33FN4O5. The number of aryl methyl sites for hydroxylation is 2. The number of carbonyl (C=O) groups is 2. The number of benzene rings is 2. The van der Waals surface area contributed by atoms with Gasteiger partial charge < -0.3 is 16.2 Å². The van der Waals surface area contributed by atoms with Gasteiger partial charge in [-0.2, -0.15) is 0 Å². The van der Waals surface area contributed by atoms with E-state index in [9.17, 15) is 19.2 Å². The maximum Gasteiger partial charge on any atom is 0.351 e. The number of ether oxygens (including phenoxy) is 1. The van der Waals surface area contributed by atoms with Crippen molar-refractivity contribution in [2.75, 3.05) is 11.5 Å². The number of anilines is 2. The Morgan fingerprint density at radius 2 is 1.24 bits per heavy atom. The third-order valence-corrected chi connectivity index (χ3v) is 9.92. The van der Waals surface area contributed by atoms with Gasteiger partial charge >= 0.3 is 11.9 Å². The summed E-state index contributed by atoms with van der Waals surface area (Å²) in [7, 11) is 0. The van der Waals surface area contributed by atoms with Crippen LogP contribution < -0.4 is 22.6 Å². The lowest BCUT2D eigenvalue weighted by molar-refractivity contribution is 0.0395. The van der Waals surface area contributed by atoms with Crippen LogP contribution >= 0.6 is 0 Å². The normalized spacial score (nSPS) is 14.3. The first-order valence-corrected chi connectivity index (χ1v) is 16.6. The van der Waals surface area contributed by atoms with Gasteiger partial charge in [-0.1, -0.05) is 24.3 Å². The number of nitrogens with two attached hydrogens (primary N) is 2. The van der Waals surface area contributed by atoms with Crippen LogP contribution in [-0.4, -0.2) is 20.7 Å². The van der Waals surface area contributed by atoms with Crippen molar-refractivity contribution in [1.29, 1.82) is 0 Å². The Balaban J connectivity index is 1.20. The predicted octanol–water partition coefficient (Wildman–Crippen LogP) is 6.92. The topological polar surface area (TPSA) is 138 Å². The largest absolute Gasteiger partial charge is 0.399 e. The molecule has 4 heterocycles. The summed E-state index contributed by atoms with van der Waals surface area (Å²) in [6.45, 7) is 3.66. The third-order valence-electron chi connectivity index (χ3n) is 9.92. The van der Waals surface area contributed by atoms with Gasteiger partial charge in [-0.15, -0.1) is 0 Å². The van der Waals surface area contributed by atoms with E-state index < -0.39 is 34.4 Å². The molecule has 2 fully saturated rings. The van der Waals surface area contributed by atoms with Crippen LogP contribution in [0.15, 0.2) is 88.7 Å². The van der Waals surface area contributed by atoms with Crippen LogP contribution in [0.5, 0.6) is 0 Å². The standard InChI is InChI=1S/C40H33FN4O5/c1-20-28(24-5-3-7-26(42)15-24)13-14-44-35(20)29(22-9-10-22)17-31(37(44)46)39(48)50-40(49)32-18-30(23-11-12-23)36-21(2)34(25-6-4-8-27(43)16-25)33(41)19-45(36)38(32)47/h3-8,13-19,22-23H,9-12,42-43H2,1-2H3. The number of pyridine rings is 4. The summed E-state index contributed by atoms with van der Waals surface area (Å²) >= 11 is 0. The highest BCUT2D eigenvalue weighted by atomic mass is 19.1. The molecule has 0 unspecified atom stereocenters. The van der Waals surface area contributed by atoms with Crippen molar-refractivity contribution in [2.24, 2.45) is 0 Å². The van der Waals surface area contributed by atoms with E-state index in [2.05, 4.69) is 0 Å². The first-order chi connectivity index (χ1) is 24.0. The quantitative estimate of drug-likeness (QED) is 0.112. The van der Waals surface area contributed by atoms with Gasteiger partial charge in [-0.05, 0) is 133 Å². The van der Waals surface area contributed by atoms with E-state index in [1.54, 1.807) is 49.5 Å². The molecule has 4 aromatic heterocycles. The molecule has 4 N–H and O–H groups in total. The zero-order valence-electron chi connectivity index (χ0n) is 27.5. The molecule has 0 atom stereocenters. The molecule has 6 aromatic rings. The Morgan fingerprint density at radius 3 is 1.80 bits per heavy atom. The van der Waals surface area contributed by atoms with E-state index in [4.69, 9.17) is 16.2 Å². The molecule has 50 heavy (non-hydrogen) atoms. The molecule has 10 heteroatoms. The number of hydrogen-bond donors (Lipinski definition) is 2. The molecule has 0 spiro atoms. The minimum Gasteiger partial charge on any atom is -0.399 e.